The molecule has 0 radical (unpaired) electrons. The number of hydrogen-bond acceptors (Lipinski definition) is 4. The van der Waals surface area contributed by atoms with E-state index in [1.54, 1.807) is 24.5 Å². The van der Waals surface area contributed by atoms with Crippen LogP contribution in [0.1, 0.15) is 45.1 Å². The highest BCUT2D eigenvalue weighted by Crippen LogP contribution is 2.24. The zero-order chi connectivity index (χ0) is 22.9. The van der Waals surface area contributed by atoms with E-state index in [1.165, 1.54) is 12.1 Å². The van der Waals surface area contributed by atoms with Gasteiger partial charge in [0.05, 0.1) is 41.1 Å². The summed E-state index contributed by atoms with van der Waals surface area (Å²) in [7, 11) is 0. The van der Waals surface area contributed by atoms with Crippen LogP contribution >= 0.6 is 0 Å². The third kappa shape index (κ3) is 3.96. The van der Waals surface area contributed by atoms with Crippen LogP contribution in [0.25, 0.3) is 22.0 Å². The van der Waals surface area contributed by atoms with E-state index in [-0.39, 0.29) is 17.5 Å². The van der Waals surface area contributed by atoms with E-state index in [9.17, 15) is 9.59 Å². The Morgan fingerprint density at radius 1 is 1.06 bits per heavy atom. The maximum Gasteiger partial charge on any atom is 0.335 e. The Hall–Kier alpha value is -4.39. The number of benzene rings is 2. The lowest BCUT2D eigenvalue weighted by molar-refractivity contribution is 0.0696. The molecule has 0 unspecified atom stereocenters. The zero-order valence-electron chi connectivity index (χ0n) is 17.9. The van der Waals surface area contributed by atoms with Crippen molar-refractivity contribution in [2.24, 2.45) is 0 Å². The zero-order valence-corrected chi connectivity index (χ0v) is 17.9. The number of para-hydroxylation sites is 1. The number of aromatic carboxylic acids is 1. The van der Waals surface area contributed by atoms with Crippen molar-refractivity contribution in [1.82, 2.24) is 14.9 Å². The van der Waals surface area contributed by atoms with Gasteiger partial charge in [-0.3, -0.25) is 9.78 Å². The standard InChI is InChI=1S/C26H21N3O4/c1-16(17-6-8-19(9-7-17)26(31)32)27-25(30)23-14-24-22(12-13-33-24)29(23)15-20-11-10-18-4-2-3-5-21(18)28-20/h2-14,16H,15H2,1H3,(H,27,30)(H,31,32)/t16-/m0/s1. The van der Waals surface area contributed by atoms with Crippen LogP contribution in [0.4, 0.5) is 0 Å². The number of nitrogens with zero attached hydrogens (tertiary/aromatic N) is 2. The first kappa shape index (κ1) is 20.5. The van der Waals surface area contributed by atoms with Gasteiger partial charge in [-0.2, -0.15) is 0 Å². The van der Waals surface area contributed by atoms with Gasteiger partial charge >= 0.3 is 5.97 Å². The Labute approximate surface area is 189 Å². The Morgan fingerprint density at radius 2 is 1.85 bits per heavy atom. The minimum atomic E-state index is -0.985. The minimum Gasteiger partial charge on any atom is -0.478 e. The van der Waals surface area contributed by atoms with Gasteiger partial charge in [-0.1, -0.05) is 36.4 Å². The van der Waals surface area contributed by atoms with Crippen LogP contribution in [0.3, 0.4) is 0 Å². The number of aromatic nitrogens is 2. The predicted molar refractivity (Wildman–Crippen MR) is 124 cm³/mol. The summed E-state index contributed by atoms with van der Waals surface area (Å²) in [6.45, 7) is 2.27. The Balaban J connectivity index is 1.43. The summed E-state index contributed by atoms with van der Waals surface area (Å²) in [5, 5.41) is 13.1. The average Bonchev–Trinajstić information content (AvgIpc) is 3.41. The molecule has 2 aromatic carbocycles. The maximum absolute atomic E-state index is 13.2. The molecule has 3 aromatic heterocycles. The van der Waals surface area contributed by atoms with E-state index in [0.29, 0.717) is 17.8 Å². The summed E-state index contributed by atoms with van der Waals surface area (Å²) in [4.78, 5) is 29.0. The summed E-state index contributed by atoms with van der Waals surface area (Å²) in [5.74, 6) is -1.24. The number of furan rings is 1. The lowest BCUT2D eigenvalue weighted by atomic mass is 10.1. The monoisotopic (exact) mass is 439 g/mol. The molecular formula is C26H21N3O4. The molecule has 5 aromatic rings. The quantitative estimate of drug-likeness (QED) is 0.387. The molecule has 1 atom stereocenters. The van der Waals surface area contributed by atoms with Gasteiger partial charge in [0.25, 0.3) is 5.91 Å². The number of carboxylic acids is 1. The number of nitrogens with one attached hydrogen (secondary N) is 1. The number of hydrogen-bond donors (Lipinski definition) is 2. The molecule has 0 bridgehead atoms. The fourth-order valence-corrected chi connectivity index (χ4v) is 3.96. The van der Waals surface area contributed by atoms with Gasteiger partial charge in [0.15, 0.2) is 5.58 Å². The molecule has 2 N–H and O–H groups in total. The van der Waals surface area contributed by atoms with Crippen LogP contribution in [0.5, 0.6) is 0 Å². The van der Waals surface area contributed by atoms with Crippen molar-refractivity contribution >= 4 is 33.9 Å². The van der Waals surface area contributed by atoms with E-state index in [4.69, 9.17) is 14.5 Å². The molecule has 0 fully saturated rings. The van der Waals surface area contributed by atoms with Crippen molar-refractivity contribution in [3.8, 4) is 0 Å². The third-order valence-electron chi connectivity index (χ3n) is 5.74. The Kier molecular flexibility index (Phi) is 5.14. The van der Waals surface area contributed by atoms with Crippen LogP contribution in [0.15, 0.2) is 83.5 Å². The summed E-state index contributed by atoms with van der Waals surface area (Å²) in [6.07, 6.45) is 1.60. The van der Waals surface area contributed by atoms with Crippen molar-refractivity contribution in [2.75, 3.05) is 0 Å². The highest BCUT2D eigenvalue weighted by atomic mass is 16.4. The third-order valence-corrected chi connectivity index (χ3v) is 5.74. The van der Waals surface area contributed by atoms with Gasteiger partial charge in [0.2, 0.25) is 0 Å². The van der Waals surface area contributed by atoms with Gasteiger partial charge in [-0.25, -0.2) is 4.79 Å². The number of rotatable bonds is 6. The van der Waals surface area contributed by atoms with Crippen LogP contribution in [0, 0.1) is 0 Å². The molecule has 0 aliphatic rings. The number of pyridine rings is 1. The molecule has 0 saturated heterocycles. The molecule has 0 saturated carbocycles. The molecule has 0 spiro atoms. The Morgan fingerprint density at radius 3 is 2.64 bits per heavy atom. The SMILES string of the molecule is C[C@H](NC(=O)c1cc2occc2n1Cc1ccc2ccccc2n1)c1ccc(C(=O)O)cc1. The fraction of sp³-hybridized carbons (Fsp3) is 0.115. The fourth-order valence-electron chi connectivity index (χ4n) is 3.96. The lowest BCUT2D eigenvalue weighted by Crippen LogP contribution is -2.29. The number of carboxylic acid groups (broad SMARTS) is 1. The van der Waals surface area contributed by atoms with E-state index in [2.05, 4.69) is 5.32 Å². The normalized spacial score (nSPS) is 12.2. The van der Waals surface area contributed by atoms with Crippen molar-refractivity contribution < 1.29 is 19.1 Å². The lowest BCUT2D eigenvalue weighted by Gasteiger charge is -2.16. The second-order valence-electron chi connectivity index (χ2n) is 7.90. The molecule has 33 heavy (non-hydrogen) atoms. The van der Waals surface area contributed by atoms with E-state index >= 15 is 0 Å². The van der Waals surface area contributed by atoms with E-state index in [1.807, 2.05) is 54.0 Å². The molecule has 0 aliphatic heterocycles. The van der Waals surface area contributed by atoms with Gasteiger partial charge in [-0.05, 0) is 36.8 Å². The van der Waals surface area contributed by atoms with Gasteiger partial charge in [0.1, 0.15) is 5.69 Å². The first-order valence-corrected chi connectivity index (χ1v) is 10.5. The predicted octanol–water partition coefficient (Wildman–Crippen LogP) is 5.02. The van der Waals surface area contributed by atoms with Crippen LogP contribution in [0.2, 0.25) is 0 Å². The molecular weight excluding hydrogens is 418 g/mol. The molecule has 3 heterocycles. The molecule has 164 valence electrons. The average molecular weight is 439 g/mol. The highest BCUT2D eigenvalue weighted by Gasteiger charge is 2.20. The summed E-state index contributed by atoms with van der Waals surface area (Å²) >= 11 is 0. The summed E-state index contributed by atoms with van der Waals surface area (Å²) in [6, 6.07) is 21.6. The largest absolute Gasteiger partial charge is 0.478 e. The highest BCUT2D eigenvalue weighted by molar-refractivity contribution is 5.98. The second kappa shape index (κ2) is 8.27. The Bertz CT molecular complexity index is 1480. The number of fused-ring (bicyclic) bond motifs is 2. The summed E-state index contributed by atoms with van der Waals surface area (Å²) in [5.41, 5.74) is 4.65. The van der Waals surface area contributed by atoms with Crippen molar-refractivity contribution in [2.45, 2.75) is 19.5 Å². The number of carbonyl (C=O) groups is 2. The van der Waals surface area contributed by atoms with Gasteiger partial charge in [0, 0.05) is 17.5 Å². The van der Waals surface area contributed by atoms with Crippen molar-refractivity contribution in [3.63, 3.8) is 0 Å². The van der Waals surface area contributed by atoms with Crippen molar-refractivity contribution in [1.29, 1.82) is 0 Å². The number of carbonyl (C=O) groups excluding carboxylic acids is 1. The topological polar surface area (TPSA) is 97.4 Å². The maximum atomic E-state index is 13.2. The van der Waals surface area contributed by atoms with Crippen molar-refractivity contribution in [3.05, 3.63) is 102 Å². The second-order valence-corrected chi connectivity index (χ2v) is 7.90. The van der Waals surface area contributed by atoms with E-state index in [0.717, 1.165) is 27.7 Å². The van der Waals surface area contributed by atoms with Crippen LogP contribution < -0.4 is 5.32 Å². The molecule has 5 rings (SSSR count). The van der Waals surface area contributed by atoms with Crippen LogP contribution in [-0.2, 0) is 6.54 Å². The molecule has 7 heteroatoms. The number of amides is 1. The van der Waals surface area contributed by atoms with Gasteiger partial charge < -0.3 is 19.4 Å². The van der Waals surface area contributed by atoms with E-state index < -0.39 is 5.97 Å². The van der Waals surface area contributed by atoms with Gasteiger partial charge in [-0.15, -0.1) is 0 Å². The minimum absolute atomic E-state index is 0.203. The molecule has 0 aliphatic carbocycles. The van der Waals surface area contributed by atoms with Crippen LogP contribution in [-0.4, -0.2) is 26.5 Å². The first-order valence-electron chi connectivity index (χ1n) is 10.5. The molecule has 1 amide bonds. The summed E-state index contributed by atoms with van der Waals surface area (Å²) < 4.78 is 7.44. The smallest absolute Gasteiger partial charge is 0.335 e. The molecule has 7 nitrogen and oxygen atoms in total. The first-order chi connectivity index (χ1) is 16.0.